The number of esters is 1. The van der Waals surface area contributed by atoms with Gasteiger partial charge in [0.05, 0.1) is 6.10 Å². The molecule has 4 unspecified atom stereocenters. The molecule has 3 heteroatoms. The van der Waals surface area contributed by atoms with Gasteiger partial charge in [-0.2, -0.15) is 0 Å². The molecular weight excluding hydrogens is 216 g/mol. The van der Waals surface area contributed by atoms with Gasteiger partial charge in [0.1, 0.15) is 0 Å². The van der Waals surface area contributed by atoms with Gasteiger partial charge in [-0.05, 0) is 43.1 Å². The van der Waals surface area contributed by atoms with Crippen molar-refractivity contribution < 1.29 is 14.3 Å². The largest absolute Gasteiger partial charge is 0.429 e. The van der Waals surface area contributed by atoms with Gasteiger partial charge in [-0.15, -0.1) is 0 Å². The van der Waals surface area contributed by atoms with Gasteiger partial charge in [-0.1, -0.05) is 20.8 Å². The molecule has 4 atom stereocenters. The molecule has 0 amide bonds. The molecule has 3 nitrogen and oxygen atoms in total. The Balaban J connectivity index is 1.88. The summed E-state index contributed by atoms with van der Waals surface area (Å²) in [5.74, 6) is 1.83. The van der Waals surface area contributed by atoms with Crippen LogP contribution >= 0.6 is 0 Å². The first kappa shape index (κ1) is 12.6. The van der Waals surface area contributed by atoms with Crippen LogP contribution in [0, 0.1) is 17.8 Å². The Morgan fingerprint density at radius 2 is 2.12 bits per heavy atom. The molecule has 0 aromatic rings. The van der Waals surface area contributed by atoms with E-state index in [9.17, 15) is 4.79 Å². The lowest BCUT2D eigenvalue weighted by Gasteiger charge is -2.36. The Hall–Kier alpha value is -0.830. The van der Waals surface area contributed by atoms with Gasteiger partial charge in [-0.25, -0.2) is 4.79 Å². The molecule has 17 heavy (non-hydrogen) atoms. The lowest BCUT2D eigenvalue weighted by Crippen LogP contribution is -2.32. The van der Waals surface area contributed by atoms with E-state index < -0.39 is 6.29 Å². The number of rotatable bonds is 3. The van der Waals surface area contributed by atoms with Crippen LogP contribution in [0.5, 0.6) is 0 Å². The van der Waals surface area contributed by atoms with E-state index in [4.69, 9.17) is 9.47 Å². The second-order valence-electron chi connectivity index (χ2n) is 5.74. The molecule has 1 aliphatic heterocycles. The predicted octanol–water partition coefficient (Wildman–Crippen LogP) is 2.90. The smallest absolute Gasteiger partial charge is 0.333 e. The molecule has 0 radical (unpaired) electrons. The third-order valence-electron chi connectivity index (χ3n) is 3.83. The van der Waals surface area contributed by atoms with E-state index >= 15 is 0 Å². The Bertz CT molecular complexity index is 309. The van der Waals surface area contributed by atoms with Crippen LogP contribution in [0.2, 0.25) is 0 Å². The number of hydrogen-bond donors (Lipinski definition) is 0. The zero-order chi connectivity index (χ0) is 12.4. The zero-order valence-corrected chi connectivity index (χ0v) is 10.9. The number of ether oxygens (including phenoxy) is 2. The topological polar surface area (TPSA) is 35.5 Å². The summed E-state index contributed by atoms with van der Waals surface area (Å²) in [4.78, 5) is 10.9. The maximum atomic E-state index is 10.9. The lowest BCUT2D eigenvalue weighted by atomic mass is 9.75. The monoisotopic (exact) mass is 238 g/mol. The van der Waals surface area contributed by atoms with E-state index in [-0.39, 0.29) is 12.1 Å². The van der Waals surface area contributed by atoms with Crippen molar-refractivity contribution in [3.8, 4) is 0 Å². The van der Waals surface area contributed by atoms with E-state index in [0.717, 1.165) is 18.8 Å². The van der Waals surface area contributed by atoms with Crippen molar-refractivity contribution in [2.45, 2.75) is 52.4 Å². The quantitative estimate of drug-likeness (QED) is 0.709. The standard InChI is InChI=1S/C14H22O3/c1-9(2)11-6-10(3)7-12(8-11)16-14-5-4-13(15)17-14/h4-5,9-12,14H,6-8H2,1-3H3. The molecule has 96 valence electrons. The van der Waals surface area contributed by atoms with Gasteiger partial charge in [0, 0.05) is 6.08 Å². The lowest BCUT2D eigenvalue weighted by molar-refractivity contribution is -0.172. The summed E-state index contributed by atoms with van der Waals surface area (Å²) >= 11 is 0. The summed E-state index contributed by atoms with van der Waals surface area (Å²) in [6.45, 7) is 6.83. The Labute approximate surface area is 103 Å². The van der Waals surface area contributed by atoms with Crippen molar-refractivity contribution in [3.63, 3.8) is 0 Å². The maximum absolute atomic E-state index is 10.9. The normalized spacial score (nSPS) is 37.5. The van der Waals surface area contributed by atoms with Gasteiger partial charge in [0.15, 0.2) is 0 Å². The molecule has 0 aromatic carbocycles. The SMILES string of the molecule is CC1CC(OC2C=CC(=O)O2)CC(C(C)C)C1. The maximum Gasteiger partial charge on any atom is 0.333 e. The highest BCUT2D eigenvalue weighted by Crippen LogP contribution is 2.35. The minimum absolute atomic E-state index is 0.228. The fourth-order valence-electron chi connectivity index (χ4n) is 2.86. The zero-order valence-electron chi connectivity index (χ0n) is 10.9. The number of cyclic esters (lactones) is 1. The van der Waals surface area contributed by atoms with Crippen molar-refractivity contribution in [2.24, 2.45) is 17.8 Å². The molecular formula is C14H22O3. The molecule has 1 saturated carbocycles. The average Bonchev–Trinajstić information content (AvgIpc) is 2.63. The minimum atomic E-state index is -0.453. The molecule has 1 aliphatic carbocycles. The Kier molecular flexibility index (Phi) is 3.87. The van der Waals surface area contributed by atoms with Gasteiger partial charge >= 0.3 is 5.97 Å². The van der Waals surface area contributed by atoms with Gasteiger partial charge < -0.3 is 9.47 Å². The molecule has 2 rings (SSSR count). The first-order valence-corrected chi connectivity index (χ1v) is 6.59. The average molecular weight is 238 g/mol. The van der Waals surface area contributed by atoms with E-state index in [1.807, 2.05) is 0 Å². The molecule has 0 saturated heterocycles. The third-order valence-corrected chi connectivity index (χ3v) is 3.83. The summed E-state index contributed by atoms with van der Waals surface area (Å²) in [6, 6.07) is 0. The highest BCUT2D eigenvalue weighted by Gasteiger charge is 2.31. The van der Waals surface area contributed by atoms with Crippen molar-refractivity contribution >= 4 is 5.97 Å². The molecule has 1 fully saturated rings. The highest BCUT2D eigenvalue weighted by molar-refractivity contribution is 5.84. The summed E-state index contributed by atoms with van der Waals surface area (Å²) in [6.07, 6.45) is 6.37. The molecule has 0 spiro atoms. The van der Waals surface area contributed by atoms with Crippen molar-refractivity contribution in [1.82, 2.24) is 0 Å². The molecule has 1 heterocycles. The van der Waals surface area contributed by atoms with Crippen molar-refractivity contribution in [2.75, 3.05) is 0 Å². The molecule has 0 bridgehead atoms. The van der Waals surface area contributed by atoms with Crippen LogP contribution in [0.1, 0.15) is 40.0 Å². The second kappa shape index (κ2) is 5.21. The van der Waals surface area contributed by atoms with Gasteiger partial charge in [-0.3, -0.25) is 0 Å². The third kappa shape index (κ3) is 3.32. The van der Waals surface area contributed by atoms with Crippen LogP contribution < -0.4 is 0 Å². The number of carbonyl (C=O) groups excluding carboxylic acids is 1. The minimum Gasteiger partial charge on any atom is -0.429 e. The van der Waals surface area contributed by atoms with E-state index in [2.05, 4.69) is 20.8 Å². The Morgan fingerprint density at radius 1 is 1.35 bits per heavy atom. The fourth-order valence-corrected chi connectivity index (χ4v) is 2.86. The first-order valence-electron chi connectivity index (χ1n) is 6.59. The van der Waals surface area contributed by atoms with Crippen LogP contribution in [-0.2, 0) is 14.3 Å². The van der Waals surface area contributed by atoms with Crippen LogP contribution in [0.15, 0.2) is 12.2 Å². The van der Waals surface area contributed by atoms with Crippen molar-refractivity contribution in [3.05, 3.63) is 12.2 Å². The van der Waals surface area contributed by atoms with Crippen LogP contribution in [0.25, 0.3) is 0 Å². The van der Waals surface area contributed by atoms with Gasteiger partial charge in [0.2, 0.25) is 6.29 Å². The van der Waals surface area contributed by atoms with E-state index in [1.165, 1.54) is 12.5 Å². The summed E-state index contributed by atoms with van der Waals surface area (Å²) in [5, 5.41) is 0. The van der Waals surface area contributed by atoms with Crippen LogP contribution in [-0.4, -0.2) is 18.4 Å². The number of carbonyl (C=O) groups is 1. The van der Waals surface area contributed by atoms with Crippen LogP contribution in [0.3, 0.4) is 0 Å². The van der Waals surface area contributed by atoms with Crippen molar-refractivity contribution in [1.29, 1.82) is 0 Å². The number of hydrogen-bond acceptors (Lipinski definition) is 3. The summed E-state index contributed by atoms with van der Waals surface area (Å²) in [7, 11) is 0. The van der Waals surface area contributed by atoms with E-state index in [0.29, 0.717) is 11.8 Å². The van der Waals surface area contributed by atoms with E-state index in [1.54, 1.807) is 6.08 Å². The second-order valence-corrected chi connectivity index (χ2v) is 5.74. The molecule has 0 aromatic heterocycles. The fraction of sp³-hybridized carbons (Fsp3) is 0.786. The van der Waals surface area contributed by atoms with Crippen LogP contribution in [0.4, 0.5) is 0 Å². The summed E-state index contributed by atoms with van der Waals surface area (Å²) < 4.78 is 10.9. The molecule has 0 N–H and O–H groups in total. The van der Waals surface area contributed by atoms with Gasteiger partial charge in [0.25, 0.3) is 0 Å². The predicted molar refractivity (Wildman–Crippen MR) is 65.2 cm³/mol. The summed E-state index contributed by atoms with van der Waals surface area (Å²) in [5.41, 5.74) is 0. The Morgan fingerprint density at radius 3 is 2.71 bits per heavy atom. The first-order chi connectivity index (χ1) is 8.04. The molecule has 2 aliphatic rings. The highest BCUT2D eigenvalue weighted by atomic mass is 16.7.